The second-order valence-corrected chi connectivity index (χ2v) is 9.22. The van der Waals surface area contributed by atoms with Crippen molar-refractivity contribution in [2.75, 3.05) is 12.3 Å². The standard InChI is InChI=1S/C27H27N9O2/c1-2-34(27(37)35-17-29-15-32-35)19-10-11-20(14-19)36-26-23(25(28)30-16-31-26)24(33-36)18-8-12-22(13-9-18)38-21-6-4-3-5-7-21/h3-9,12-13,15-17,19-20H,2,10-11,14H2,1H3,(H2,28,30,31). The molecule has 11 nitrogen and oxygen atoms in total. The Labute approximate surface area is 218 Å². The molecule has 1 amide bonds. The van der Waals surface area contributed by atoms with Crippen LogP contribution < -0.4 is 10.5 Å². The molecular formula is C27H27N9O2. The number of nitrogens with zero attached hydrogens (tertiary/aromatic N) is 8. The molecule has 0 aliphatic heterocycles. The Morgan fingerprint density at radius 2 is 1.84 bits per heavy atom. The first-order valence-electron chi connectivity index (χ1n) is 12.6. The molecule has 0 bridgehead atoms. The van der Waals surface area contributed by atoms with Crippen molar-refractivity contribution >= 4 is 22.9 Å². The number of hydrogen-bond acceptors (Lipinski definition) is 8. The quantitative estimate of drug-likeness (QED) is 0.353. The van der Waals surface area contributed by atoms with E-state index in [1.54, 1.807) is 0 Å². The summed E-state index contributed by atoms with van der Waals surface area (Å²) >= 11 is 0. The van der Waals surface area contributed by atoms with Gasteiger partial charge < -0.3 is 15.4 Å². The highest BCUT2D eigenvalue weighted by molar-refractivity contribution is 5.98. The predicted octanol–water partition coefficient (Wildman–Crippen LogP) is 4.54. The van der Waals surface area contributed by atoms with Gasteiger partial charge in [0.2, 0.25) is 0 Å². The van der Waals surface area contributed by atoms with Crippen LogP contribution in [0.3, 0.4) is 0 Å². The first-order valence-corrected chi connectivity index (χ1v) is 12.6. The Kier molecular flexibility index (Phi) is 6.16. The molecule has 38 heavy (non-hydrogen) atoms. The van der Waals surface area contributed by atoms with Crippen molar-refractivity contribution in [3.05, 3.63) is 73.6 Å². The molecule has 0 spiro atoms. The van der Waals surface area contributed by atoms with Crippen molar-refractivity contribution in [3.8, 4) is 22.8 Å². The first kappa shape index (κ1) is 23.6. The molecule has 0 radical (unpaired) electrons. The van der Waals surface area contributed by atoms with Gasteiger partial charge >= 0.3 is 6.03 Å². The van der Waals surface area contributed by atoms with E-state index in [9.17, 15) is 4.79 Å². The van der Waals surface area contributed by atoms with Crippen molar-refractivity contribution in [3.63, 3.8) is 0 Å². The molecule has 5 aromatic rings. The molecule has 2 N–H and O–H groups in total. The van der Waals surface area contributed by atoms with Gasteiger partial charge in [0.25, 0.3) is 0 Å². The van der Waals surface area contributed by atoms with E-state index in [-0.39, 0.29) is 18.1 Å². The maximum absolute atomic E-state index is 13.0. The molecule has 6 rings (SSSR count). The van der Waals surface area contributed by atoms with Crippen molar-refractivity contribution in [2.45, 2.75) is 38.3 Å². The lowest BCUT2D eigenvalue weighted by Crippen LogP contribution is -2.41. The third-order valence-electron chi connectivity index (χ3n) is 6.99. The Balaban J connectivity index is 1.29. The maximum Gasteiger partial charge on any atom is 0.346 e. The van der Waals surface area contributed by atoms with Gasteiger partial charge in [0, 0.05) is 18.2 Å². The molecule has 1 fully saturated rings. The van der Waals surface area contributed by atoms with E-state index in [0.717, 1.165) is 47.4 Å². The van der Waals surface area contributed by atoms with Crippen LogP contribution in [0.4, 0.5) is 10.6 Å². The largest absolute Gasteiger partial charge is 0.457 e. The van der Waals surface area contributed by atoms with Gasteiger partial charge in [0.15, 0.2) is 5.65 Å². The number of amides is 1. The molecule has 3 aromatic heterocycles. The zero-order valence-corrected chi connectivity index (χ0v) is 20.9. The van der Waals surface area contributed by atoms with Crippen molar-refractivity contribution in [1.29, 1.82) is 0 Å². The fourth-order valence-electron chi connectivity index (χ4n) is 5.19. The monoisotopic (exact) mass is 509 g/mol. The molecule has 2 aromatic carbocycles. The summed E-state index contributed by atoms with van der Waals surface area (Å²) in [6.45, 7) is 2.55. The van der Waals surface area contributed by atoms with Crippen LogP contribution >= 0.6 is 0 Å². The lowest BCUT2D eigenvalue weighted by atomic mass is 10.1. The normalized spacial score (nSPS) is 17.1. The highest BCUT2D eigenvalue weighted by atomic mass is 16.5. The molecule has 1 aliphatic rings. The SMILES string of the molecule is CCN(C(=O)n1cncn1)C1CCC(n2nc(-c3ccc(Oc4ccccc4)cc3)c3c(N)ncnc32)C1. The second-order valence-electron chi connectivity index (χ2n) is 9.22. The fraction of sp³-hybridized carbons (Fsp3) is 0.259. The molecule has 11 heteroatoms. The summed E-state index contributed by atoms with van der Waals surface area (Å²) in [5.41, 5.74) is 8.63. The lowest BCUT2D eigenvalue weighted by molar-refractivity contribution is 0.175. The second kappa shape index (κ2) is 9.92. The van der Waals surface area contributed by atoms with Gasteiger partial charge in [0.1, 0.15) is 42.0 Å². The predicted molar refractivity (Wildman–Crippen MR) is 142 cm³/mol. The van der Waals surface area contributed by atoms with E-state index < -0.39 is 0 Å². The number of aromatic nitrogens is 7. The number of para-hydroxylation sites is 1. The molecule has 192 valence electrons. The van der Waals surface area contributed by atoms with Gasteiger partial charge in [0.05, 0.1) is 11.4 Å². The summed E-state index contributed by atoms with van der Waals surface area (Å²) in [6.07, 6.45) is 6.72. The zero-order valence-electron chi connectivity index (χ0n) is 20.9. The first-order chi connectivity index (χ1) is 18.6. The topological polar surface area (TPSA) is 130 Å². The van der Waals surface area contributed by atoms with Gasteiger partial charge in [-0.1, -0.05) is 18.2 Å². The summed E-state index contributed by atoms with van der Waals surface area (Å²) in [5, 5.41) is 9.72. The minimum absolute atomic E-state index is 0.0537. The van der Waals surface area contributed by atoms with Crippen LogP contribution in [0.2, 0.25) is 0 Å². The fourth-order valence-corrected chi connectivity index (χ4v) is 5.19. The molecular weight excluding hydrogens is 482 g/mol. The van der Waals surface area contributed by atoms with Crippen LogP contribution in [0.1, 0.15) is 32.2 Å². The van der Waals surface area contributed by atoms with E-state index in [1.807, 2.05) is 71.1 Å². The molecule has 2 atom stereocenters. The highest BCUT2D eigenvalue weighted by Gasteiger charge is 2.35. The number of ether oxygens (including phenoxy) is 1. The number of nitrogens with two attached hydrogens (primary N) is 1. The van der Waals surface area contributed by atoms with Crippen LogP contribution in [-0.4, -0.2) is 58.0 Å². The van der Waals surface area contributed by atoms with E-state index in [1.165, 1.54) is 23.7 Å². The highest BCUT2D eigenvalue weighted by Crippen LogP contribution is 2.38. The van der Waals surface area contributed by atoms with E-state index in [4.69, 9.17) is 15.6 Å². The van der Waals surface area contributed by atoms with Crippen LogP contribution in [0.25, 0.3) is 22.3 Å². The Hall–Kier alpha value is -4.80. The lowest BCUT2D eigenvalue weighted by Gasteiger charge is -2.27. The molecule has 3 heterocycles. The summed E-state index contributed by atoms with van der Waals surface area (Å²) in [4.78, 5) is 27.5. The van der Waals surface area contributed by atoms with E-state index >= 15 is 0 Å². The van der Waals surface area contributed by atoms with Crippen molar-refractivity contribution in [2.24, 2.45) is 0 Å². The van der Waals surface area contributed by atoms with Crippen molar-refractivity contribution in [1.82, 2.24) is 39.4 Å². The maximum atomic E-state index is 13.0. The number of nitrogen functional groups attached to an aromatic ring is 1. The van der Waals surface area contributed by atoms with E-state index in [0.29, 0.717) is 18.0 Å². The van der Waals surface area contributed by atoms with Gasteiger partial charge in [-0.05, 0) is 62.6 Å². The number of benzene rings is 2. The van der Waals surface area contributed by atoms with Crippen molar-refractivity contribution < 1.29 is 9.53 Å². The van der Waals surface area contributed by atoms with Crippen LogP contribution in [-0.2, 0) is 0 Å². The number of rotatable bonds is 6. The minimum Gasteiger partial charge on any atom is -0.457 e. The number of hydrogen-bond donors (Lipinski definition) is 1. The van der Waals surface area contributed by atoms with Crippen LogP contribution in [0, 0.1) is 0 Å². The average Bonchev–Trinajstić information content (AvgIpc) is 3.71. The Morgan fingerprint density at radius 3 is 2.58 bits per heavy atom. The minimum atomic E-state index is -0.175. The summed E-state index contributed by atoms with van der Waals surface area (Å²) < 4.78 is 9.16. The number of carbonyl (C=O) groups excluding carboxylic acids is 1. The number of anilines is 1. The van der Waals surface area contributed by atoms with Crippen LogP contribution in [0.15, 0.2) is 73.6 Å². The molecule has 1 aliphatic carbocycles. The third kappa shape index (κ3) is 4.32. The van der Waals surface area contributed by atoms with Crippen LogP contribution in [0.5, 0.6) is 11.5 Å². The third-order valence-corrected chi connectivity index (χ3v) is 6.99. The molecule has 2 unspecified atom stereocenters. The van der Waals surface area contributed by atoms with Gasteiger partial charge in [-0.3, -0.25) is 0 Å². The summed E-state index contributed by atoms with van der Waals surface area (Å²) in [7, 11) is 0. The number of carbonyl (C=O) groups is 1. The average molecular weight is 510 g/mol. The van der Waals surface area contributed by atoms with E-state index in [2.05, 4.69) is 20.1 Å². The zero-order chi connectivity index (χ0) is 26.1. The van der Waals surface area contributed by atoms with Gasteiger partial charge in [-0.2, -0.15) is 14.9 Å². The Morgan fingerprint density at radius 1 is 1.05 bits per heavy atom. The van der Waals surface area contributed by atoms with Gasteiger partial charge in [-0.25, -0.2) is 24.4 Å². The Bertz CT molecular complexity index is 1550. The van der Waals surface area contributed by atoms with Gasteiger partial charge in [-0.15, -0.1) is 0 Å². The summed E-state index contributed by atoms with van der Waals surface area (Å²) in [5.74, 6) is 1.88. The number of fused-ring (bicyclic) bond motifs is 1. The summed E-state index contributed by atoms with van der Waals surface area (Å²) in [6, 6.07) is 17.3. The smallest absolute Gasteiger partial charge is 0.346 e. The molecule has 1 saturated carbocycles. The molecule has 0 saturated heterocycles.